The molecule has 3 aromatic rings. The van der Waals surface area contributed by atoms with Crippen LogP contribution >= 0.6 is 11.6 Å². The van der Waals surface area contributed by atoms with E-state index in [2.05, 4.69) is 10.3 Å². The highest BCUT2D eigenvalue weighted by molar-refractivity contribution is 6.30. The van der Waals surface area contributed by atoms with Crippen LogP contribution in [0, 0.1) is 0 Å². The number of quaternary nitrogens is 1. The van der Waals surface area contributed by atoms with Gasteiger partial charge in [0.25, 0.3) is 5.91 Å². The second-order valence-corrected chi connectivity index (χ2v) is 7.42. The summed E-state index contributed by atoms with van der Waals surface area (Å²) in [7, 11) is 1.32. The Morgan fingerprint density at radius 3 is 2.62 bits per heavy atom. The number of fused-ring (bicyclic) bond motifs is 1. The molecule has 3 rings (SSSR count). The molecule has 2 atom stereocenters. The molecule has 0 radical (unpaired) electrons. The maximum absolute atomic E-state index is 12.5. The minimum atomic E-state index is -0.744. The van der Waals surface area contributed by atoms with E-state index in [-0.39, 0.29) is 18.5 Å². The van der Waals surface area contributed by atoms with Crippen LogP contribution < -0.4 is 10.6 Å². The van der Waals surface area contributed by atoms with Crippen molar-refractivity contribution in [2.75, 3.05) is 13.7 Å². The molecule has 2 aromatic carbocycles. The van der Waals surface area contributed by atoms with Gasteiger partial charge in [0.15, 0.2) is 6.54 Å². The predicted molar refractivity (Wildman–Crippen MR) is 113 cm³/mol. The lowest BCUT2D eigenvalue weighted by atomic mass is 10.0. The van der Waals surface area contributed by atoms with Gasteiger partial charge in [0, 0.05) is 34.1 Å². The van der Waals surface area contributed by atoms with E-state index in [1.165, 1.54) is 7.11 Å². The zero-order valence-corrected chi connectivity index (χ0v) is 17.2. The van der Waals surface area contributed by atoms with Gasteiger partial charge < -0.3 is 20.4 Å². The van der Waals surface area contributed by atoms with Crippen LogP contribution in [0.15, 0.2) is 54.7 Å². The molecule has 0 unspecified atom stereocenters. The van der Waals surface area contributed by atoms with Crippen LogP contribution in [0.3, 0.4) is 0 Å². The number of benzene rings is 2. The molecule has 0 spiro atoms. The number of nitrogens with one attached hydrogen (secondary N) is 2. The second-order valence-electron chi connectivity index (χ2n) is 6.99. The zero-order valence-electron chi connectivity index (χ0n) is 16.4. The number of halogens is 1. The Balaban J connectivity index is 1.61. The summed E-state index contributed by atoms with van der Waals surface area (Å²) >= 11 is 5.92. The summed E-state index contributed by atoms with van der Waals surface area (Å²) in [5.41, 5.74) is 3.02. The average Bonchev–Trinajstić information content (AvgIpc) is 3.14. The molecule has 7 heteroatoms. The molecule has 0 aliphatic carbocycles. The van der Waals surface area contributed by atoms with E-state index in [1.807, 2.05) is 67.0 Å². The molecule has 0 bridgehead atoms. The fraction of sp³-hybridized carbons (Fsp3) is 0.273. The number of carbonyl (C=O) groups is 2. The van der Waals surface area contributed by atoms with Crippen LogP contribution in [0.1, 0.15) is 24.1 Å². The van der Waals surface area contributed by atoms with Gasteiger partial charge in [-0.3, -0.25) is 4.79 Å². The molecule has 0 saturated heterocycles. The topological polar surface area (TPSA) is 87.8 Å². The number of ether oxygens (including phenoxy) is 1. The van der Waals surface area contributed by atoms with Crippen LogP contribution in [-0.2, 0) is 20.7 Å². The minimum Gasteiger partial charge on any atom is -0.467 e. The van der Waals surface area contributed by atoms with Gasteiger partial charge in [-0.1, -0.05) is 41.9 Å². The third-order valence-corrected chi connectivity index (χ3v) is 5.22. The van der Waals surface area contributed by atoms with Crippen molar-refractivity contribution in [3.05, 3.63) is 70.9 Å². The van der Waals surface area contributed by atoms with Crippen LogP contribution in [0.2, 0.25) is 5.02 Å². The second kappa shape index (κ2) is 9.58. The largest absolute Gasteiger partial charge is 0.467 e. The van der Waals surface area contributed by atoms with Gasteiger partial charge in [-0.05, 0) is 30.7 Å². The highest BCUT2D eigenvalue weighted by Gasteiger charge is 2.24. The number of nitrogens with two attached hydrogens (primary N) is 1. The number of methoxy groups -OCH3 is 1. The molecule has 0 aliphatic rings. The lowest BCUT2D eigenvalue weighted by molar-refractivity contribution is -0.682. The summed E-state index contributed by atoms with van der Waals surface area (Å²) in [5, 5.41) is 6.43. The molecule has 1 aromatic heterocycles. The van der Waals surface area contributed by atoms with Crippen LogP contribution in [0.5, 0.6) is 0 Å². The average molecular weight is 415 g/mol. The van der Waals surface area contributed by atoms with Crippen molar-refractivity contribution >= 4 is 34.4 Å². The van der Waals surface area contributed by atoms with Gasteiger partial charge in [0.2, 0.25) is 0 Å². The number of aromatic amines is 1. The number of hydrogen-bond acceptors (Lipinski definition) is 3. The predicted octanol–water partition coefficient (Wildman–Crippen LogP) is 2.35. The molecule has 0 saturated carbocycles. The van der Waals surface area contributed by atoms with E-state index in [0.29, 0.717) is 11.4 Å². The Hall–Kier alpha value is -2.83. The molecule has 4 N–H and O–H groups in total. The fourth-order valence-electron chi connectivity index (χ4n) is 3.30. The smallest absolute Gasteiger partial charge is 0.328 e. The summed E-state index contributed by atoms with van der Waals surface area (Å²) in [6, 6.07) is 14.7. The number of para-hydroxylation sites is 1. The van der Waals surface area contributed by atoms with Gasteiger partial charge in [-0.25, -0.2) is 4.79 Å². The number of aromatic nitrogens is 1. The molecular weight excluding hydrogens is 390 g/mol. The van der Waals surface area contributed by atoms with Crippen molar-refractivity contribution in [3.63, 3.8) is 0 Å². The number of carbonyl (C=O) groups excluding carboxylic acids is 2. The van der Waals surface area contributed by atoms with Crippen molar-refractivity contribution in [2.45, 2.75) is 25.4 Å². The van der Waals surface area contributed by atoms with Gasteiger partial charge >= 0.3 is 5.97 Å². The molecule has 0 aliphatic heterocycles. The number of rotatable bonds is 8. The molecule has 152 valence electrons. The van der Waals surface area contributed by atoms with Crippen LogP contribution in [0.25, 0.3) is 10.9 Å². The standard InChI is InChI=1S/C22H24ClN3O3/c1-14(15-7-9-17(23)10-8-15)24-13-21(27)26-20(22(28)29-2)11-16-12-25-19-6-4-3-5-18(16)19/h3-10,12,14,20,24-25H,11,13H2,1-2H3,(H,26,27)/p+1/t14-,20+/m0/s1. The monoisotopic (exact) mass is 414 g/mol. The van der Waals surface area contributed by atoms with Crippen LogP contribution in [0.4, 0.5) is 0 Å². The van der Waals surface area contributed by atoms with Gasteiger partial charge in [-0.15, -0.1) is 0 Å². The van der Waals surface area contributed by atoms with Crippen molar-refractivity contribution < 1.29 is 19.6 Å². The van der Waals surface area contributed by atoms with Crippen molar-refractivity contribution in [2.24, 2.45) is 0 Å². The highest BCUT2D eigenvalue weighted by atomic mass is 35.5. The van der Waals surface area contributed by atoms with Crippen LogP contribution in [-0.4, -0.2) is 36.6 Å². The molecule has 29 heavy (non-hydrogen) atoms. The molecular formula is C22H25ClN3O3+. The first-order valence-electron chi connectivity index (χ1n) is 9.49. The molecule has 0 fully saturated rings. The maximum Gasteiger partial charge on any atom is 0.328 e. The normalized spacial score (nSPS) is 13.1. The van der Waals surface area contributed by atoms with E-state index >= 15 is 0 Å². The molecule has 1 heterocycles. The lowest BCUT2D eigenvalue weighted by Crippen LogP contribution is -2.87. The summed E-state index contributed by atoms with van der Waals surface area (Å²) in [4.78, 5) is 27.9. The summed E-state index contributed by atoms with van der Waals surface area (Å²) < 4.78 is 4.89. The Morgan fingerprint density at radius 2 is 1.90 bits per heavy atom. The SMILES string of the molecule is COC(=O)[C@@H](Cc1c[nH]c2ccccc12)NC(=O)C[NH2+][C@@H](C)c1ccc(Cl)cc1. The quantitative estimate of drug-likeness (QED) is 0.494. The minimum absolute atomic E-state index is 0.0863. The Bertz CT molecular complexity index is 984. The Morgan fingerprint density at radius 1 is 1.17 bits per heavy atom. The summed E-state index contributed by atoms with van der Waals surface area (Å²) in [6.45, 7) is 2.21. The van der Waals surface area contributed by atoms with E-state index in [9.17, 15) is 9.59 Å². The fourth-order valence-corrected chi connectivity index (χ4v) is 3.42. The summed E-state index contributed by atoms with van der Waals surface area (Å²) in [5.74, 6) is -0.685. The van der Waals surface area contributed by atoms with Gasteiger partial charge in [0.1, 0.15) is 12.1 Å². The van der Waals surface area contributed by atoms with Crippen molar-refractivity contribution in [1.29, 1.82) is 0 Å². The highest BCUT2D eigenvalue weighted by Crippen LogP contribution is 2.19. The third-order valence-electron chi connectivity index (χ3n) is 4.97. The van der Waals surface area contributed by atoms with Crippen molar-refractivity contribution in [1.82, 2.24) is 10.3 Å². The third kappa shape index (κ3) is 5.37. The van der Waals surface area contributed by atoms with Crippen molar-refractivity contribution in [3.8, 4) is 0 Å². The van der Waals surface area contributed by atoms with E-state index in [0.717, 1.165) is 22.0 Å². The van der Waals surface area contributed by atoms with E-state index in [1.54, 1.807) is 0 Å². The van der Waals surface area contributed by atoms with Gasteiger partial charge in [-0.2, -0.15) is 0 Å². The number of amides is 1. The maximum atomic E-state index is 12.5. The van der Waals surface area contributed by atoms with Gasteiger partial charge in [0.05, 0.1) is 7.11 Å². The molecule has 1 amide bonds. The first-order valence-corrected chi connectivity index (χ1v) is 9.86. The van der Waals surface area contributed by atoms with E-state index < -0.39 is 12.0 Å². The Labute approximate surface area is 174 Å². The summed E-state index contributed by atoms with van der Waals surface area (Å²) in [6.07, 6.45) is 2.22. The van der Waals surface area contributed by atoms with E-state index in [4.69, 9.17) is 16.3 Å². The Kier molecular flexibility index (Phi) is 6.90. The number of hydrogen-bond donors (Lipinski definition) is 3. The number of H-pyrrole nitrogens is 1. The molecule has 6 nitrogen and oxygen atoms in total. The lowest BCUT2D eigenvalue weighted by Gasteiger charge is -2.17. The number of esters is 1. The zero-order chi connectivity index (χ0) is 20.8. The first-order chi connectivity index (χ1) is 14.0. The first kappa shape index (κ1) is 20.9.